The summed E-state index contributed by atoms with van der Waals surface area (Å²) in [6, 6.07) is 12.3. The van der Waals surface area contributed by atoms with Crippen LogP contribution in [-0.4, -0.2) is 26.0 Å². The summed E-state index contributed by atoms with van der Waals surface area (Å²) in [5.74, 6) is 0. The molecule has 0 aromatic heterocycles. The number of aryl methyl sites for hydroxylation is 2. The largest absolute Gasteiger partial charge is 0.504 e. The monoisotopic (exact) mass is 574 g/mol. The third kappa shape index (κ3) is 10.7. The molecule has 0 N–H and O–H groups in total. The Labute approximate surface area is 236 Å². The highest BCUT2D eigenvalue weighted by Gasteiger charge is 2.43. The van der Waals surface area contributed by atoms with Crippen molar-refractivity contribution < 1.29 is 21.6 Å². The molecule has 2 aromatic carbocycles. The minimum Gasteiger partial charge on any atom is -0.359 e. The lowest BCUT2D eigenvalue weighted by molar-refractivity contribution is 0.00380. The van der Waals surface area contributed by atoms with Crippen LogP contribution >= 0.6 is 0 Å². The van der Waals surface area contributed by atoms with E-state index in [1.165, 1.54) is 88.5 Å². The Bertz CT molecular complexity index is 1150. The molecule has 0 saturated heterocycles. The van der Waals surface area contributed by atoms with E-state index in [2.05, 4.69) is 18.6 Å². The second kappa shape index (κ2) is 17.4. The molecular formula is C31H46N2O4S2. The van der Waals surface area contributed by atoms with Crippen molar-refractivity contribution in [3.63, 3.8) is 0 Å². The predicted octanol–water partition coefficient (Wildman–Crippen LogP) is 8.11. The predicted molar refractivity (Wildman–Crippen MR) is 159 cm³/mol. The van der Waals surface area contributed by atoms with Crippen molar-refractivity contribution in [3.8, 4) is 0 Å². The van der Waals surface area contributed by atoms with Crippen LogP contribution in [0.3, 0.4) is 0 Å². The molecule has 0 aliphatic carbocycles. The van der Waals surface area contributed by atoms with Crippen LogP contribution in [0.1, 0.15) is 115 Å². The van der Waals surface area contributed by atoms with Crippen molar-refractivity contribution in [2.24, 2.45) is 0 Å². The minimum atomic E-state index is -4.54. The van der Waals surface area contributed by atoms with Gasteiger partial charge in [-0.2, -0.15) is 0 Å². The van der Waals surface area contributed by atoms with E-state index in [4.69, 9.17) is 0 Å². The van der Waals surface area contributed by atoms with Crippen LogP contribution in [0, 0.1) is 0 Å². The first-order valence-corrected chi connectivity index (χ1v) is 17.6. The highest BCUT2D eigenvalue weighted by molar-refractivity contribution is 8.31. The summed E-state index contributed by atoms with van der Waals surface area (Å²) in [7, 11) is -9.07. The molecule has 8 heteroatoms. The smallest absolute Gasteiger partial charge is 0.359 e. The van der Waals surface area contributed by atoms with Gasteiger partial charge in [0.05, 0.1) is 9.79 Å². The summed E-state index contributed by atoms with van der Waals surface area (Å²) >= 11 is 0. The van der Waals surface area contributed by atoms with E-state index >= 15 is 0 Å². The summed E-state index contributed by atoms with van der Waals surface area (Å²) in [6.07, 6.45) is 18.4. The fourth-order valence-corrected chi connectivity index (χ4v) is 8.04. The maximum Gasteiger partial charge on any atom is 0.504 e. The van der Waals surface area contributed by atoms with Gasteiger partial charge in [0, 0.05) is 0 Å². The van der Waals surface area contributed by atoms with E-state index in [0.29, 0.717) is 0 Å². The zero-order valence-corrected chi connectivity index (χ0v) is 25.4. The summed E-state index contributed by atoms with van der Waals surface area (Å²) in [5, 5.41) is 0. The maximum atomic E-state index is 13.1. The molecule has 0 aliphatic heterocycles. The van der Waals surface area contributed by atoms with Crippen LogP contribution in [0.5, 0.6) is 0 Å². The van der Waals surface area contributed by atoms with Gasteiger partial charge in [0.15, 0.2) is 0 Å². The van der Waals surface area contributed by atoms with Crippen molar-refractivity contribution >= 4 is 24.1 Å². The van der Waals surface area contributed by atoms with Gasteiger partial charge in [0.1, 0.15) is 0 Å². The number of unbranched alkanes of at least 4 members (excludes halogenated alkanes) is 12. The molecule has 0 fully saturated rings. The highest BCUT2D eigenvalue weighted by Crippen LogP contribution is 2.22. The highest BCUT2D eigenvalue weighted by atomic mass is 32.3. The van der Waals surface area contributed by atoms with Gasteiger partial charge in [-0.05, 0) is 61.1 Å². The van der Waals surface area contributed by atoms with Crippen LogP contribution in [0.2, 0.25) is 0 Å². The Balaban J connectivity index is 1.98. The van der Waals surface area contributed by atoms with E-state index in [0.717, 1.165) is 49.7 Å². The fourth-order valence-electron chi connectivity index (χ4n) is 4.70. The summed E-state index contributed by atoms with van der Waals surface area (Å²) in [4.78, 5) is 2.33. The molecule has 0 amide bonds. The van der Waals surface area contributed by atoms with E-state index in [9.17, 15) is 22.4 Å². The van der Waals surface area contributed by atoms with Gasteiger partial charge in [-0.1, -0.05) is 115 Å². The number of nitrogens with zero attached hydrogens (tertiary/aromatic N) is 2. The fraction of sp³-hybridized carbons (Fsp3) is 0.581. The third-order valence-corrected chi connectivity index (χ3v) is 11.3. The molecule has 0 atom stereocenters. The second-order valence-electron chi connectivity index (χ2n) is 10.4. The summed E-state index contributed by atoms with van der Waals surface area (Å²) < 4.78 is 51.3. The molecule has 0 radical (unpaired) electrons. The van der Waals surface area contributed by atoms with Gasteiger partial charge in [0.25, 0.3) is 19.7 Å². The molecule has 2 rings (SSSR count). The van der Waals surface area contributed by atoms with Gasteiger partial charge in [-0.25, -0.2) is 16.8 Å². The quantitative estimate of drug-likeness (QED) is 0.0589. The average Bonchev–Trinajstić information content (AvgIpc) is 2.92. The normalized spacial score (nSPS) is 11.8. The van der Waals surface area contributed by atoms with Gasteiger partial charge >= 0.3 is 4.38 Å². The lowest BCUT2D eigenvalue weighted by Gasteiger charge is -2.06. The Morgan fingerprint density at radius 3 is 1.15 bits per heavy atom. The van der Waals surface area contributed by atoms with Crippen LogP contribution in [0.4, 0.5) is 0 Å². The van der Waals surface area contributed by atoms with Crippen molar-refractivity contribution in [2.45, 2.75) is 126 Å². The number of hydrogen-bond acceptors (Lipinski definition) is 4. The average molecular weight is 575 g/mol. The first-order valence-electron chi connectivity index (χ1n) is 14.7. The van der Waals surface area contributed by atoms with Gasteiger partial charge < -0.3 is 5.53 Å². The molecule has 2 aromatic rings. The molecule has 6 nitrogen and oxygen atoms in total. The van der Waals surface area contributed by atoms with E-state index < -0.39 is 24.1 Å². The standard InChI is InChI=1S/C31H46N2O4S2/c1-3-5-7-9-11-13-15-17-27-19-23-29(24-20-27)38(34,35)31(33-32)39(36,37)30-25-21-28(22-26-30)18-16-14-12-10-8-6-4-2/h19-26H,3-18H2,1-2H3. The maximum absolute atomic E-state index is 13.1. The first kappa shape index (κ1) is 32.9. The van der Waals surface area contributed by atoms with E-state index in [1.807, 2.05) is 0 Å². The van der Waals surface area contributed by atoms with Crippen molar-refractivity contribution in [1.29, 1.82) is 0 Å². The van der Waals surface area contributed by atoms with E-state index in [-0.39, 0.29) is 9.79 Å². The molecular weight excluding hydrogens is 528 g/mol. The zero-order chi connectivity index (χ0) is 28.6. The first-order chi connectivity index (χ1) is 18.8. The zero-order valence-electron chi connectivity index (χ0n) is 23.8. The molecule has 0 aliphatic rings. The topological polar surface area (TPSA) is 105 Å². The number of rotatable bonds is 18. The lowest BCUT2D eigenvalue weighted by Crippen LogP contribution is -2.26. The molecule has 0 bridgehead atoms. The van der Waals surface area contributed by atoms with Crippen LogP contribution in [0.25, 0.3) is 5.53 Å². The molecule has 0 saturated carbocycles. The van der Waals surface area contributed by atoms with E-state index in [1.54, 1.807) is 24.3 Å². The molecule has 0 heterocycles. The Hall–Kier alpha value is -2.28. The van der Waals surface area contributed by atoms with Crippen molar-refractivity contribution in [1.82, 2.24) is 0 Å². The Kier molecular flexibility index (Phi) is 14.7. The third-order valence-electron chi connectivity index (χ3n) is 7.15. The van der Waals surface area contributed by atoms with Gasteiger partial charge in [-0.15, -0.1) is 4.79 Å². The van der Waals surface area contributed by atoms with Crippen LogP contribution < -0.4 is 0 Å². The Morgan fingerprint density at radius 1 is 0.538 bits per heavy atom. The number of hydrogen-bond donors (Lipinski definition) is 0. The molecule has 39 heavy (non-hydrogen) atoms. The molecule has 0 spiro atoms. The van der Waals surface area contributed by atoms with Gasteiger partial charge in [-0.3, -0.25) is 0 Å². The summed E-state index contributed by atoms with van der Waals surface area (Å²) in [5.41, 5.74) is 11.5. The van der Waals surface area contributed by atoms with Gasteiger partial charge in [0.2, 0.25) is 0 Å². The summed E-state index contributed by atoms with van der Waals surface area (Å²) in [6.45, 7) is 4.40. The van der Waals surface area contributed by atoms with Crippen molar-refractivity contribution in [3.05, 3.63) is 65.2 Å². The second-order valence-corrected chi connectivity index (χ2v) is 14.4. The number of benzene rings is 2. The minimum absolute atomic E-state index is 0.210. The lowest BCUT2D eigenvalue weighted by atomic mass is 10.0. The molecule has 216 valence electrons. The SMILES string of the molecule is CCCCCCCCCc1ccc(S(=O)(=O)C(=[N+]=[N-])S(=O)(=O)c2ccc(CCCCCCCCC)cc2)cc1. The van der Waals surface area contributed by atoms with Crippen LogP contribution in [-0.2, 0) is 32.5 Å². The number of sulfone groups is 2. The molecule has 0 unspecified atom stereocenters. The van der Waals surface area contributed by atoms with Crippen LogP contribution in [0.15, 0.2) is 58.3 Å². The Morgan fingerprint density at radius 2 is 0.846 bits per heavy atom. The van der Waals surface area contributed by atoms with Crippen molar-refractivity contribution in [2.75, 3.05) is 0 Å².